The van der Waals surface area contributed by atoms with Gasteiger partial charge >= 0.3 is 11.7 Å². The predicted molar refractivity (Wildman–Crippen MR) is 64.3 cm³/mol. The van der Waals surface area contributed by atoms with Gasteiger partial charge in [-0.15, -0.1) is 0 Å². The van der Waals surface area contributed by atoms with Crippen molar-refractivity contribution in [2.75, 3.05) is 0 Å². The summed E-state index contributed by atoms with van der Waals surface area (Å²) in [5.74, 6) is -2.65. The largest absolute Gasteiger partial charge is 0.478 e. The average molecular weight is 278 g/mol. The number of ether oxygens (including phenoxy) is 1. The van der Waals surface area contributed by atoms with Gasteiger partial charge in [-0.1, -0.05) is 6.07 Å². The van der Waals surface area contributed by atoms with Crippen molar-refractivity contribution in [3.05, 3.63) is 58.2 Å². The van der Waals surface area contributed by atoms with Crippen LogP contribution in [0.15, 0.2) is 36.7 Å². The fraction of sp³-hybridized carbons (Fsp3) is 0. The van der Waals surface area contributed by atoms with Gasteiger partial charge in [0, 0.05) is 6.20 Å². The van der Waals surface area contributed by atoms with E-state index in [1.54, 1.807) is 0 Å². The van der Waals surface area contributed by atoms with E-state index in [-0.39, 0.29) is 17.1 Å². The molecule has 8 heteroatoms. The molecule has 0 unspecified atom stereocenters. The van der Waals surface area contributed by atoms with Gasteiger partial charge < -0.3 is 9.84 Å². The summed E-state index contributed by atoms with van der Waals surface area (Å²) in [6.45, 7) is 0. The molecule has 102 valence electrons. The van der Waals surface area contributed by atoms with E-state index in [2.05, 4.69) is 4.98 Å². The van der Waals surface area contributed by atoms with Crippen LogP contribution in [0, 0.1) is 15.9 Å². The summed E-state index contributed by atoms with van der Waals surface area (Å²) in [6.07, 6.45) is 2.26. The maximum Gasteiger partial charge on any atom is 0.346 e. The number of pyridine rings is 1. The monoisotopic (exact) mass is 278 g/mol. The number of carboxylic acids is 1. The first-order valence-electron chi connectivity index (χ1n) is 5.28. The standard InChI is InChI=1S/C12H7FN2O5/c13-9-2-1-3-10(11(9)15(18)19)20-8-4-7(12(16)17)5-14-6-8/h1-6H,(H,16,17). The molecule has 0 fully saturated rings. The second kappa shape index (κ2) is 5.31. The quantitative estimate of drug-likeness (QED) is 0.681. The lowest BCUT2D eigenvalue weighted by atomic mass is 10.2. The molecule has 2 aromatic rings. The molecular weight excluding hydrogens is 271 g/mol. The van der Waals surface area contributed by atoms with E-state index < -0.39 is 22.4 Å². The molecule has 1 aromatic carbocycles. The molecule has 0 saturated heterocycles. The van der Waals surface area contributed by atoms with Gasteiger partial charge in [-0.2, -0.15) is 4.39 Å². The van der Waals surface area contributed by atoms with E-state index in [1.807, 2.05) is 0 Å². The Labute approximate surface area is 111 Å². The van der Waals surface area contributed by atoms with Crippen LogP contribution in [0.25, 0.3) is 0 Å². The normalized spacial score (nSPS) is 10.1. The first-order chi connectivity index (χ1) is 9.49. The van der Waals surface area contributed by atoms with E-state index >= 15 is 0 Å². The molecule has 1 heterocycles. The molecule has 0 spiro atoms. The van der Waals surface area contributed by atoms with Gasteiger partial charge in [-0.25, -0.2) is 4.79 Å². The number of aromatic carboxylic acids is 1. The first-order valence-corrected chi connectivity index (χ1v) is 5.28. The highest BCUT2D eigenvalue weighted by Crippen LogP contribution is 2.33. The Kier molecular flexibility index (Phi) is 3.56. The summed E-state index contributed by atoms with van der Waals surface area (Å²) < 4.78 is 18.5. The lowest BCUT2D eigenvalue weighted by Gasteiger charge is -2.06. The number of rotatable bonds is 4. The number of carbonyl (C=O) groups is 1. The van der Waals surface area contributed by atoms with Crippen LogP contribution in [0.5, 0.6) is 11.5 Å². The van der Waals surface area contributed by atoms with E-state index in [4.69, 9.17) is 9.84 Å². The third kappa shape index (κ3) is 2.69. The lowest BCUT2D eigenvalue weighted by molar-refractivity contribution is -0.388. The van der Waals surface area contributed by atoms with E-state index in [0.29, 0.717) is 0 Å². The van der Waals surface area contributed by atoms with Crippen LogP contribution in [0.4, 0.5) is 10.1 Å². The number of nitro benzene ring substituents is 1. The molecule has 2 rings (SSSR count). The molecule has 0 aliphatic carbocycles. The number of carboxylic acid groups (broad SMARTS) is 1. The molecule has 0 saturated carbocycles. The molecule has 7 nitrogen and oxygen atoms in total. The Morgan fingerprint density at radius 2 is 2.15 bits per heavy atom. The molecule has 0 aliphatic heterocycles. The smallest absolute Gasteiger partial charge is 0.346 e. The zero-order valence-electron chi connectivity index (χ0n) is 9.82. The number of nitrogens with zero attached hydrogens (tertiary/aromatic N) is 2. The topological polar surface area (TPSA) is 103 Å². The van der Waals surface area contributed by atoms with Crippen LogP contribution < -0.4 is 4.74 Å². The van der Waals surface area contributed by atoms with Crippen LogP contribution in [0.3, 0.4) is 0 Å². The molecular formula is C12H7FN2O5. The van der Waals surface area contributed by atoms with Gasteiger partial charge in [0.05, 0.1) is 16.7 Å². The van der Waals surface area contributed by atoms with Crippen LogP contribution in [0.2, 0.25) is 0 Å². The van der Waals surface area contributed by atoms with E-state index in [9.17, 15) is 19.3 Å². The van der Waals surface area contributed by atoms with Gasteiger partial charge in [-0.3, -0.25) is 15.1 Å². The number of hydrogen-bond donors (Lipinski definition) is 1. The van der Waals surface area contributed by atoms with Crippen LogP contribution in [-0.2, 0) is 0 Å². The molecule has 0 radical (unpaired) electrons. The summed E-state index contributed by atoms with van der Waals surface area (Å²) in [4.78, 5) is 24.3. The van der Waals surface area contributed by atoms with Crippen molar-refractivity contribution in [3.63, 3.8) is 0 Å². The maximum atomic E-state index is 13.4. The van der Waals surface area contributed by atoms with Gasteiger partial charge in [0.15, 0.2) is 0 Å². The van der Waals surface area contributed by atoms with Crippen molar-refractivity contribution in [2.24, 2.45) is 0 Å². The van der Waals surface area contributed by atoms with Crippen molar-refractivity contribution in [1.29, 1.82) is 0 Å². The predicted octanol–water partition coefficient (Wildman–Crippen LogP) is 2.62. The highest BCUT2D eigenvalue weighted by atomic mass is 19.1. The summed E-state index contributed by atoms with van der Waals surface area (Å²) >= 11 is 0. The lowest BCUT2D eigenvalue weighted by Crippen LogP contribution is -1.99. The van der Waals surface area contributed by atoms with Gasteiger partial charge in [0.1, 0.15) is 5.75 Å². The minimum absolute atomic E-state index is 0.0430. The number of aromatic nitrogens is 1. The Hall–Kier alpha value is -3.03. The van der Waals surface area contributed by atoms with Gasteiger partial charge in [0.2, 0.25) is 11.6 Å². The van der Waals surface area contributed by atoms with Crippen LogP contribution >= 0.6 is 0 Å². The minimum Gasteiger partial charge on any atom is -0.478 e. The minimum atomic E-state index is -1.23. The molecule has 0 atom stereocenters. The first kappa shape index (κ1) is 13.4. The molecule has 1 N–H and O–H groups in total. The fourth-order valence-corrected chi connectivity index (χ4v) is 1.47. The van der Waals surface area contributed by atoms with Crippen molar-refractivity contribution in [2.45, 2.75) is 0 Å². The molecule has 0 aliphatic rings. The van der Waals surface area contributed by atoms with Crippen molar-refractivity contribution < 1.29 is 24.0 Å². The second-order valence-electron chi connectivity index (χ2n) is 3.66. The third-order valence-corrected chi connectivity index (χ3v) is 2.32. The maximum absolute atomic E-state index is 13.4. The molecule has 0 amide bonds. The second-order valence-corrected chi connectivity index (χ2v) is 3.66. The highest BCUT2D eigenvalue weighted by molar-refractivity contribution is 5.87. The molecule has 0 bridgehead atoms. The molecule has 20 heavy (non-hydrogen) atoms. The number of hydrogen-bond acceptors (Lipinski definition) is 5. The van der Waals surface area contributed by atoms with Crippen LogP contribution in [0.1, 0.15) is 10.4 Å². The molecule has 1 aromatic heterocycles. The summed E-state index contributed by atoms with van der Waals surface area (Å²) in [5.41, 5.74) is -0.977. The van der Waals surface area contributed by atoms with Gasteiger partial charge in [-0.05, 0) is 18.2 Å². The summed E-state index contributed by atoms with van der Waals surface area (Å²) in [5, 5.41) is 19.6. The Balaban J connectivity index is 2.40. The fourth-order valence-electron chi connectivity index (χ4n) is 1.47. The van der Waals surface area contributed by atoms with Gasteiger partial charge in [0.25, 0.3) is 0 Å². The number of halogens is 1. The number of benzene rings is 1. The zero-order chi connectivity index (χ0) is 14.7. The Morgan fingerprint density at radius 3 is 2.80 bits per heavy atom. The highest BCUT2D eigenvalue weighted by Gasteiger charge is 2.22. The third-order valence-electron chi connectivity index (χ3n) is 2.32. The van der Waals surface area contributed by atoms with Crippen molar-refractivity contribution in [1.82, 2.24) is 4.98 Å². The SMILES string of the molecule is O=C(O)c1cncc(Oc2cccc(F)c2[N+](=O)[O-])c1. The Morgan fingerprint density at radius 1 is 1.40 bits per heavy atom. The van der Waals surface area contributed by atoms with Crippen molar-refractivity contribution in [3.8, 4) is 11.5 Å². The zero-order valence-corrected chi connectivity index (χ0v) is 9.82. The number of nitro groups is 1. The Bertz CT molecular complexity index is 689. The van der Waals surface area contributed by atoms with Crippen LogP contribution in [-0.4, -0.2) is 21.0 Å². The van der Waals surface area contributed by atoms with E-state index in [0.717, 1.165) is 18.3 Å². The summed E-state index contributed by atoms with van der Waals surface area (Å²) in [6, 6.07) is 4.50. The average Bonchev–Trinajstić information content (AvgIpc) is 2.38. The number of para-hydroxylation sites is 1. The van der Waals surface area contributed by atoms with E-state index in [1.165, 1.54) is 18.3 Å². The summed E-state index contributed by atoms with van der Waals surface area (Å²) in [7, 11) is 0. The van der Waals surface area contributed by atoms with Crippen molar-refractivity contribution >= 4 is 11.7 Å².